The molecule has 1 atom stereocenters. The molecule has 156 valence electrons. The van der Waals surface area contributed by atoms with E-state index in [0.29, 0.717) is 6.07 Å². The Kier molecular flexibility index (Phi) is 5.50. The quantitative estimate of drug-likeness (QED) is 0.427. The van der Waals surface area contributed by atoms with E-state index in [9.17, 15) is 28.5 Å². The van der Waals surface area contributed by atoms with Crippen LogP contribution >= 0.6 is 0 Å². The van der Waals surface area contributed by atoms with E-state index < -0.39 is 34.6 Å². The number of hydrogen-bond donors (Lipinski definition) is 0. The van der Waals surface area contributed by atoms with Crippen molar-refractivity contribution in [1.82, 2.24) is 4.90 Å². The highest BCUT2D eigenvalue weighted by Crippen LogP contribution is 2.40. The predicted octanol–water partition coefficient (Wildman–Crippen LogP) is 3.93. The molecule has 8 nitrogen and oxygen atoms in total. The van der Waals surface area contributed by atoms with Crippen LogP contribution in [0.4, 0.5) is 25.0 Å². The summed E-state index contributed by atoms with van der Waals surface area (Å²) in [6, 6.07) is 6.27. The molecule has 2 aromatic rings. The van der Waals surface area contributed by atoms with Gasteiger partial charge in [0.2, 0.25) is 0 Å². The molecule has 2 amide bonds. The van der Waals surface area contributed by atoms with Gasteiger partial charge in [-0.1, -0.05) is 6.07 Å². The molecule has 1 heterocycles. The molecule has 30 heavy (non-hydrogen) atoms. The van der Waals surface area contributed by atoms with Crippen molar-refractivity contribution in [3.05, 3.63) is 81.0 Å². The number of hydrogen-bond acceptors (Lipinski definition) is 5. The Morgan fingerprint density at radius 2 is 1.80 bits per heavy atom. The van der Waals surface area contributed by atoms with Gasteiger partial charge in [0.15, 0.2) is 0 Å². The summed E-state index contributed by atoms with van der Waals surface area (Å²) in [5.74, 6) is -2.51. The van der Waals surface area contributed by atoms with Crippen LogP contribution in [0.2, 0.25) is 0 Å². The van der Waals surface area contributed by atoms with Crippen LogP contribution in [-0.4, -0.2) is 36.0 Å². The monoisotopic (exact) mass is 417 g/mol. The smallest absolute Gasteiger partial charge is 0.338 e. The minimum absolute atomic E-state index is 0.0246. The number of nitro benzene ring substituents is 1. The second kappa shape index (κ2) is 7.90. The summed E-state index contributed by atoms with van der Waals surface area (Å²) >= 11 is 0. The van der Waals surface area contributed by atoms with Crippen molar-refractivity contribution in [2.24, 2.45) is 0 Å². The number of urea groups is 1. The van der Waals surface area contributed by atoms with Crippen LogP contribution in [0.3, 0.4) is 0 Å². The minimum Gasteiger partial charge on any atom is -0.466 e. The maximum absolute atomic E-state index is 14.5. The van der Waals surface area contributed by atoms with Crippen molar-refractivity contribution in [2.75, 3.05) is 19.1 Å². The number of allylic oxidation sites excluding steroid dienone is 1. The number of anilines is 1. The van der Waals surface area contributed by atoms with Gasteiger partial charge in [-0.15, -0.1) is 0 Å². The van der Waals surface area contributed by atoms with E-state index in [-0.39, 0.29) is 28.2 Å². The van der Waals surface area contributed by atoms with Crippen LogP contribution in [0.25, 0.3) is 0 Å². The third-order valence-corrected chi connectivity index (χ3v) is 4.86. The number of benzene rings is 2. The second-order valence-corrected chi connectivity index (χ2v) is 6.56. The van der Waals surface area contributed by atoms with Crippen molar-refractivity contribution in [1.29, 1.82) is 0 Å². The standard InChI is InChI=1S/C20H17F2N3O5/c1-11-17(19(26)30-3)18(15-9-4-12(21)10-16(15)22)23(2)20(27)24(11)13-5-7-14(8-6-13)25(28)29/h4-10,18H,1-3H3. The Bertz CT molecular complexity index is 1070. The zero-order valence-electron chi connectivity index (χ0n) is 16.3. The van der Waals surface area contributed by atoms with Crippen molar-refractivity contribution in [2.45, 2.75) is 13.0 Å². The number of carbonyl (C=O) groups is 2. The molecule has 1 aliphatic rings. The molecular formula is C20H17F2N3O5. The van der Waals surface area contributed by atoms with Gasteiger partial charge in [-0.25, -0.2) is 18.4 Å². The maximum Gasteiger partial charge on any atom is 0.338 e. The summed E-state index contributed by atoms with van der Waals surface area (Å²) in [5, 5.41) is 10.9. The molecule has 3 rings (SSSR count). The second-order valence-electron chi connectivity index (χ2n) is 6.56. The molecule has 2 aromatic carbocycles. The number of ether oxygens (including phenoxy) is 1. The Balaban J connectivity index is 2.19. The highest BCUT2D eigenvalue weighted by Gasteiger charge is 2.42. The highest BCUT2D eigenvalue weighted by molar-refractivity contribution is 6.03. The lowest BCUT2D eigenvalue weighted by Crippen LogP contribution is -2.49. The molecule has 0 aromatic heterocycles. The van der Waals surface area contributed by atoms with Gasteiger partial charge in [-0.05, 0) is 25.1 Å². The van der Waals surface area contributed by atoms with Crippen LogP contribution in [0, 0.1) is 21.7 Å². The number of nitrogens with zero attached hydrogens (tertiary/aromatic N) is 3. The van der Waals surface area contributed by atoms with Crippen LogP contribution in [0.1, 0.15) is 18.5 Å². The first-order valence-electron chi connectivity index (χ1n) is 8.72. The zero-order valence-corrected chi connectivity index (χ0v) is 16.3. The Morgan fingerprint density at radius 1 is 1.17 bits per heavy atom. The fourth-order valence-electron chi connectivity index (χ4n) is 3.41. The lowest BCUT2D eigenvalue weighted by atomic mass is 9.93. The van der Waals surface area contributed by atoms with Gasteiger partial charge < -0.3 is 9.64 Å². The summed E-state index contributed by atoms with van der Waals surface area (Å²) in [5.41, 5.74) is 0.165. The molecule has 0 saturated heterocycles. The summed E-state index contributed by atoms with van der Waals surface area (Å²) in [7, 11) is 2.51. The Hall–Kier alpha value is -3.82. The SMILES string of the molecule is COC(=O)C1=C(C)N(c2ccc([N+](=O)[O-])cc2)C(=O)N(C)C1c1ccc(F)cc1F. The first kappa shape index (κ1) is 20.9. The normalized spacial score (nSPS) is 16.7. The van der Waals surface area contributed by atoms with E-state index in [4.69, 9.17) is 4.74 Å². The van der Waals surface area contributed by atoms with Gasteiger partial charge in [0.05, 0.1) is 29.3 Å². The number of halogens is 2. The van der Waals surface area contributed by atoms with Gasteiger partial charge in [-0.2, -0.15) is 0 Å². The average Bonchev–Trinajstić information content (AvgIpc) is 2.71. The lowest BCUT2D eigenvalue weighted by molar-refractivity contribution is -0.384. The first-order chi connectivity index (χ1) is 14.2. The van der Waals surface area contributed by atoms with E-state index >= 15 is 0 Å². The predicted molar refractivity (Wildman–Crippen MR) is 103 cm³/mol. The Labute approximate surface area is 170 Å². The molecule has 1 aliphatic heterocycles. The Morgan fingerprint density at radius 3 is 2.33 bits per heavy atom. The third kappa shape index (κ3) is 3.47. The van der Waals surface area contributed by atoms with Crippen LogP contribution in [0.15, 0.2) is 53.7 Å². The number of methoxy groups -OCH3 is 1. The number of carbonyl (C=O) groups excluding carboxylic acids is 2. The number of nitro groups is 1. The van der Waals surface area contributed by atoms with E-state index in [0.717, 1.165) is 24.1 Å². The average molecular weight is 417 g/mol. The van der Waals surface area contributed by atoms with Gasteiger partial charge >= 0.3 is 12.0 Å². The zero-order chi connectivity index (χ0) is 22.2. The molecule has 10 heteroatoms. The molecule has 0 radical (unpaired) electrons. The van der Waals surface area contributed by atoms with Crippen molar-refractivity contribution >= 4 is 23.4 Å². The van der Waals surface area contributed by atoms with E-state index in [1.54, 1.807) is 0 Å². The van der Waals surface area contributed by atoms with Gasteiger partial charge in [0.1, 0.15) is 11.6 Å². The number of esters is 1. The lowest BCUT2D eigenvalue weighted by Gasteiger charge is -2.40. The summed E-state index contributed by atoms with van der Waals surface area (Å²) in [6.07, 6.45) is 0. The van der Waals surface area contributed by atoms with Gasteiger partial charge in [0.25, 0.3) is 5.69 Å². The highest BCUT2D eigenvalue weighted by atomic mass is 19.1. The molecule has 0 fully saturated rings. The van der Waals surface area contributed by atoms with Gasteiger partial charge in [0, 0.05) is 36.5 Å². The van der Waals surface area contributed by atoms with Crippen molar-refractivity contribution in [3.8, 4) is 0 Å². The fourth-order valence-corrected chi connectivity index (χ4v) is 3.41. The third-order valence-electron chi connectivity index (χ3n) is 4.86. The van der Waals surface area contributed by atoms with Crippen molar-refractivity contribution in [3.63, 3.8) is 0 Å². The van der Waals surface area contributed by atoms with E-state index in [1.165, 1.54) is 43.1 Å². The van der Waals surface area contributed by atoms with E-state index in [2.05, 4.69) is 0 Å². The topological polar surface area (TPSA) is 93.0 Å². The number of likely N-dealkylation sites (N-methyl/N-ethyl adjacent to an activating group) is 1. The first-order valence-corrected chi connectivity index (χ1v) is 8.72. The summed E-state index contributed by atoms with van der Waals surface area (Å²) in [4.78, 5) is 38.3. The van der Waals surface area contributed by atoms with E-state index in [1.807, 2.05) is 0 Å². The molecule has 0 saturated carbocycles. The minimum atomic E-state index is -1.15. The van der Waals surface area contributed by atoms with Gasteiger partial charge in [-0.3, -0.25) is 15.0 Å². The molecule has 0 spiro atoms. The number of amides is 2. The molecular weight excluding hydrogens is 400 g/mol. The summed E-state index contributed by atoms with van der Waals surface area (Å²) < 4.78 is 32.7. The fraction of sp³-hybridized carbons (Fsp3) is 0.200. The molecule has 0 aliphatic carbocycles. The molecule has 1 unspecified atom stereocenters. The largest absolute Gasteiger partial charge is 0.466 e. The molecule has 0 N–H and O–H groups in total. The van der Waals surface area contributed by atoms with Crippen LogP contribution in [0.5, 0.6) is 0 Å². The summed E-state index contributed by atoms with van der Waals surface area (Å²) in [6.45, 7) is 1.48. The van der Waals surface area contributed by atoms with Crippen LogP contribution < -0.4 is 4.90 Å². The molecule has 0 bridgehead atoms. The van der Waals surface area contributed by atoms with Crippen molar-refractivity contribution < 1.29 is 28.0 Å². The number of non-ortho nitro benzene ring substituents is 1. The maximum atomic E-state index is 14.5. The van der Waals surface area contributed by atoms with Crippen LogP contribution in [-0.2, 0) is 9.53 Å². The number of rotatable bonds is 4.